The Bertz CT molecular complexity index is 1820. The maximum Gasteiger partial charge on any atom is 0.386 e. The first-order valence-electron chi connectivity index (χ1n) is 14.2. The molecular formula is C31H34N4O6S. The summed E-state index contributed by atoms with van der Waals surface area (Å²) in [6.45, 7) is 8.82. The summed E-state index contributed by atoms with van der Waals surface area (Å²) in [5.74, 6) is -0.384. The Morgan fingerprint density at radius 3 is 2.64 bits per heavy atom. The molecule has 220 valence electrons. The van der Waals surface area contributed by atoms with Gasteiger partial charge in [0.05, 0.1) is 24.6 Å². The molecule has 3 atom stereocenters. The van der Waals surface area contributed by atoms with Crippen LogP contribution in [0, 0.1) is 20.8 Å². The second-order valence-corrected chi connectivity index (χ2v) is 12.8. The van der Waals surface area contributed by atoms with Crippen molar-refractivity contribution in [2.75, 3.05) is 6.61 Å². The Morgan fingerprint density at radius 1 is 1.05 bits per heavy atom. The summed E-state index contributed by atoms with van der Waals surface area (Å²) >= 11 is 0. The Balaban J connectivity index is 1.51. The van der Waals surface area contributed by atoms with Crippen molar-refractivity contribution in [1.29, 1.82) is 0 Å². The predicted molar refractivity (Wildman–Crippen MR) is 157 cm³/mol. The molecule has 0 radical (unpaired) electrons. The monoisotopic (exact) mass is 590 g/mol. The van der Waals surface area contributed by atoms with E-state index in [0.29, 0.717) is 30.2 Å². The third kappa shape index (κ3) is 5.00. The molecule has 11 heteroatoms. The van der Waals surface area contributed by atoms with Gasteiger partial charge in [-0.3, -0.25) is 4.79 Å². The van der Waals surface area contributed by atoms with E-state index in [0.717, 1.165) is 57.3 Å². The number of benzene rings is 3. The van der Waals surface area contributed by atoms with E-state index < -0.39 is 28.2 Å². The van der Waals surface area contributed by atoms with Crippen LogP contribution in [0.5, 0.6) is 11.5 Å². The lowest BCUT2D eigenvalue weighted by Crippen LogP contribution is -2.40. The summed E-state index contributed by atoms with van der Waals surface area (Å²) in [5, 5.41) is 18.8. The van der Waals surface area contributed by atoms with E-state index in [1.807, 2.05) is 68.8 Å². The van der Waals surface area contributed by atoms with Crippen LogP contribution in [0.1, 0.15) is 77.1 Å². The van der Waals surface area contributed by atoms with Gasteiger partial charge >= 0.3 is 16.3 Å². The molecular weight excluding hydrogens is 556 g/mol. The third-order valence-electron chi connectivity index (χ3n) is 8.48. The summed E-state index contributed by atoms with van der Waals surface area (Å²) in [6, 6.07) is 12.8. The highest BCUT2D eigenvalue weighted by atomic mass is 32.2. The molecule has 7 rings (SSSR count). The molecule has 3 aromatic carbocycles. The fourth-order valence-corrected chi connectivity index (χ4v) is 7.55. The average Bonchev–Trinajstić information content (AvgIpc) is 3.35. The standard InChI is InChI=1S/C31H34N4O6S/c1-18-7-8-22-15-26(18)21(4)35-17-23-14-24(13-19(2)31(23)41-42(35,38)39)40-12-6-5-11-34-28-10-9-25(27(22)16-29(36)37)20(3)30(28)32-33-34/h7-10,13-15,21,27H,5-6,11-12,16-17H2,1-4H3,(H,36,37)/t21-,27-/m1/s1. The zero-order valence-corrected chi connectivity index (χ0v) is 24.9. The van der Waals surface area contributed by atoms with Crippen molar-refractivity contribution >= 4 is 27.3 Å². The van der Waals surface area contributed by atoms with Gasteiger partial charge in [0.15, 0.2) is 5.75 Å². The summed E-state index contributed by atoms with van der Waals surface area (Å²) in [7, 11) is -4.10. The third-order valence-corrected chi connectivity index (χ3v) is 9.88. The van der Waals surface area contributed by atoms with Crippen molar-refractivity contribution in [3.8, 4) is 11.5 Å². The van der Waals surface area contributed by atoms with E-state index in [1.54, 1.807) is 6.07 Å². The Morgan fingerprint density at radius 2 is 1.86 bits per heavy atom. The molecule has 0 aliphatic carbocycles. The molecule has 0 spiro atoms. The van der Waals surface area contributed by atoms with Crippen LogP contribution in [0.2, 0.25) is 0 Å². The first-order chi connectivity index (χ1) is 20.0. The van der Waals surface area contributed by atoms with E-state index in [4.69, 9.17) is 8.92 Å². The van der Waals surface area contributed by atoms with E-state index in [-0.39, 0.29) is 13.0 Å². The molecule has 1 aromatic heterocycles. The number of carboxylic acids is 1. The molecule has 4 heterocycles. The summed E-state index contributed by atoms with van der Waals surface area (Å²) in [6.07, 6.45) is 1.48. The molecule has 0 saturated carbocycles. The zero-order chi connectivity index (χ0) is 29.8. The van der Waals surface area contributed by atoms with Crippen LogP contribution in [0.15, 0.2) is 42.5 Å². The van der Waals surface area contributed by atoms with E-state index in [1.165, 1.54) is 4.31 Å². The van der Waals surface area contributed by atoms with Gasteiger partial charge in [-0.05, 0) is 92.1 Å². The first kappa shape index (κ1) is 28.2. The molecule has 3 aliphatic heterocycles. The van der Waals surface area contributed by atoms with Gasteiger partial charge in [0.25, 0.3) is 0 Å². The van der Waals surface area contributed by atoms with Gasteiger partial charge < -0.3 is 14.0 Å². The Hall–Kier alpha value is -3.96. The Labute approximate surface area is 245 Å². The highest BCUT2D eigenvalue weighted by Gasteiger charge is 2.37. The minimum Gasteiger partial charge on any atom is -0.494 e. The number of carboxylic acid groups (broad SMARTS) is 1. The van der Waals surface area contributed by atoms with Crippen molar-refractivity contribution in [1.82, 2.24) is 19.3 Å². The van der Waals surface area contributed by atoms with Crippen LogP contribution >= 0.6 is 0 Å². The fourth-order valence-electron chi connectivity index (χ4n) is 6.20. The summed E-state index contributed by atoms with van der Waals surface area (Å²) < 4.78 is 41.8. The second kappa shape index (κ2) is 10.7. The lowest BCUT2D eigenvalue weighted by Gasteiger charge is -2.34. The van der Waals surface area contributed by atoms with E-state index in [9.17, 15) is 18.3 Å². The van der Waals surface area contributed by atoms with Gasteiger partial charge in [-0.1, -0.05) is 29.5 Å². The maximum atomic E-state index is 13.4. The SMILES string of the molecule is Cc1ccc2cc1[C@@H](C)N1Cc3cc(cc(C)c3OS1(=O)=O)OCCCCn1nnc3c(C)c(ccc31)[C@@H]2CC(=O)O. The number of aryl methyl sites for hydroxylation is 4. The quantitative estimate of drug-likeness (QED) is 0.332. The molecule has 3 aliphatic rings. The fraction of sp³-hybridized carbons (Fsp3) is 0.387. The second-order valence-electron chi connectivity index (χ2n) is 11.3. The topological polar surface area (TPSA) is 124 Å². The molecule has 1 N–H and O–H groups in total. The van der Waals surface area contributed by atoms with Crippen molar-refractivity contribution < 1.29 is 27.2 Å². The zero-order valence-electron chi connectivity index (χ0n) is 24.1. The largest absolute Gasteiger partial charge is 0.494 e. The smallest absolute Gasteiger partial charge is 0.386 e. The minimum atomic E-state index is -4.10. The van der Waals surface area contributed by atoms with Gasteiger partial charge in [-0.25, -0.2) is 4.68 Å². The number of carbonyl (C=O) groups is 1. The molecule has 1 unspecified atom stereocenters. The maximum absolute atomic E-state index is 13.4. The number of nitrogens with zero attached hydrogens (tertiary/aromatic N) is 4. The van der Waals surface area contributed by atoms with Crippen LogP contribution in [-0.2, 0) is 28.2 Å². The van der Waals surface area contributed by atoms with Gasteiger partial charge in [0, 0.05) is 24.6 Å². The molecule has 42 heavy (non-hydrogen) atoms. The molecule has 10 nitrogen and oxygen atoms in total. The van der Waals surface area contributed by atoms with Crippen LogP contribution in [0.4, 0.5) is 0 Å². The highest BCUT2D eigenvalue weighted by molar-refractivity contribution is 7.84. The van der Waals surface area contributed by atoms with Crippen LogP contribution < -0.4 is 8.92 Å². The summed E-state index contributed by atoms with van der Waals surface area (Å²) in [5.41, 5.74) is 7.27. The minimum absolute atomic E-state index is 0.126. The lowest BCUT2D eigenvalue weighted by molar-refractivity contribution is -0.137. The predicted octanol–water partition coefficient (Wildman–Crippen LogP) is 5.34. The number of hydrogen-bond acceptors (Lipinski definition) is 7. The van der Waals surface area contributed by atoms with Gasteiger partial charge in [-0.2, -0.15) is 12.7 Å². The molecule has 0 saturated heterocycles. The van der Waals surface area contributed by atoms with Crippen molar-refractivity contribution in [2.45, 2.75) is 72.0 Å². The van der Waals surface area contributed by atoms with Crippen molar-refractivity contribution in [3.63, 3.8) is 0 Å². The number of ether oxygens (including phenoxy) is 1. The normalized spacial score (nSPS) is 21.7. The number of aromatic nitrogens is 3. The van der Waals surface area contributed by atoms with Gasteiger partial charge in [-0.15, -0.1) is 5.10 Å². The van der Waals surface area contributed by atoms with Crippen LogP contribution in [0.25, 0.3) is 11.0 Å². The van der Waals surface area contributed by atoms with E-state index in [2.05, 4.69) is 10.3 Å². The van der Waals surface area contributed by atoms with Crippen LogP contribution in [-0.4, -0.2) is 45.4 Å². The van der Waals surface area contributed by atoms with Crippen LogP contribution in [0.3, 0.4) is 0 Å². The molecule has 9 bridgehead atoms. The average molecular weight is 591 g/mol. The lowest BCUT2D eigenvalue weighted by atomic mass is 9.83. The van der Waals surface area contributed by atoms with Gasteiger partial charge in [0.2, 0.25) is 0 Å². The number of aliphatic carboxylic acids is 1. The molecule has 0 amide bonds. The number of fused-ring (bicyclic) bond motifs is 5. The van der Waals surface area contributed by atoms with E-state index >= 15 is 0 Å². The number of hydrogen-bond donors (Lipinski definition) is 1. The highest BCUT2D eigenvalue weighted by Crippen LogP contribution is 2.41. The molecule has 0 fully saturated rings. The molecule has 4 aromatic rings. The van der Waals surface area contributed by atoms with Gasteiger partial charge in [0.1, 0.15) is 11.3 Å². The number of rotatable bonds is 2. The Kier molecular flexibility index (Phi) is 7.18. The van der Waals surface area contributed by atoms with Crippen molar-refractivity contribution in [2.24, 2.45) is 0 Å². The first-order valence-corrected chi connectivity index (χ1v) is 15.5. The summed E-state index contributed by atoms with van der Waals surface area (Å²) in [4.78, 5) is 12.1. The van der Waals surface area contributed by atoms with Crippen molar-refractivity contribution in [3.05, 3.63) is 81.4 Å².